The molecule has 1 N–H and O–H groups in total. The van der Waals surface area contributed by atoms with Crippen molar-refractivity contribution in [1.29, 1.82) is 0 Å². The molecule has 132 valence electrons. The minimum Gasteiger partial charge on any atom is -0.466 e. The highest BCUT2D eigenvalue weighted by Gasteiger charge is 2.36. The fourth-order valence-electron chi connectivity index (χ4n) is 2.80. The molecular weight excluding hydrogens is 380 g/mol. The minimum absolute atomic E-state index is 0.226. The van der Waals surface area contributed by atoms with Crippen LogP contribution in [0.4, 0.5) is 4.79 Å². The largest absolute Gasteiger partial charge is 0.466 e. The molecule has 2 aromatic heterocycles. The van der Waals surface area contributed by atoms with Crippen LogP contribution in [-0.2, 0) is 16.0 Å². The Labute approximate surface area is 158 Å². The van der Waals surface area contributed by atoms with Crippen molar-refractivity contribution in [2.75, 3.05) is 13.7 Å². The predicted molar refractivity (Wildman–Crippen MR) is 100 cm³/mol. The third-order valence-corrected chi connectivity index (χ3v) is 6.27. The average molecular weight is 397 g/mol. The molecule has 0 aromatic carbocycles. The van der Waals surface area contributed by atoms with Crippen molar-refractivity contribution in [1.82, 2.24) is 10.2 Å². The first-order valence-electron chi connectivity index (χ1n) is 7.66. The molecule has 2 amide bonds. The van der Waals surface area contributed by atoms with Crippen molar-refractivity contribution in [2.24, 2.45) is 0 Å². The number of hydrogen-bond donors (Lipinski definition) is 1. The van der Waals surface area contributed by atoms with Gasteiger partial charge in [-0.25, -0.2) is 9.59 Å². The number of rotatable bonds is 5. The Balaban J connectivity index is 1.92. The molecular formula is C17H17ClN2O3S2. The van der Waals surface area contributed by atoms with E-state index < -0.39 is 12.0 Å². The van der Waals surface area contributed by atoms with Gasteiger partial charge in [-0.05, 0) is 36.9 Å². The molecule has 0 radical (unpaired) electrons. The molecule has 0 saturated heterocycles. The molecule has 25 heavy (non-hydrogen) atoms. The van der Waals surface area contributed by atoms with Gasteiger partial charge in [-0.3, -0.25) is 4.90 Å². The first-order valence-corrected chi connectivity index (χ1v) is 9.73. The molecule has 5 nitrogen and oxygen atoms in total. The number of nitrogens with zero attached hydrogens (tertiary/aromatic N) is 1. The van der Waals surface area contributed by atoms with E-state index in [1.54, 1.807) is 29.2 Å². The fourth-order valence-corrected chi connectivity index (χ4v) is 4.62. The van der Waals surface area contributed by atoms with E-state index in [0.717, 1.165) is 11.3 Å². The molecule has 0 saturated carbocycles. The van der Waals surface area contributed by atoms with Crippen LogP contribution in [0.5, 0.6) is 0 Å². The Morgan fingerprint density at radius 2 is 2.20 bits per heavy atom. The quantitative estimate of drug-likeness (QED) is 0.770. The van der Waals surface area contributed by atoms with Gasteiger partial charge in [-0.2, -0.15) is 0 Å². The standard InChI is InChI=1S/C17H17ClN2O3S2/c1-10-14(16(21)23-2)15(12-5-6-13(18)25-12)19-17(22)20(10)8-7-11-4-3-9-24-11/h3-6,9,15H,7-8H2,1-2H3,(H,19,22)/t15-/m0/s1. The van der Waals surface area contributed by atoms with E-state index in [1.807, 2.05) is 23.6 Å². The zero-order valence-corrected chi connectivity index (χ0v) is 16.1. The van der Waals surface area contributed by atoms with Crippen molar-refractivity contribution in [2.45, 2.75) is 19.4 Å². The second-order valence-corrected chi connectivity index (χ2v) is 8.27. The summed E-state index contributed by atoms with van der Waals surface area (Å²) < 4.78 is 5.55. The molecule has 1 aliphatic rings. The lowest BCUT2D eigenvalue weighted by Gasteiger charge is -2.34. The Bertz CT molecular complexity index is 814. The monoisotopic (exact) mass is 396 g/mol. The van der Waals surface area contributed by atoms with Gasteiger partial charge in [0.05, 0.1) is 23.1 Å². The molecule has 2 aromatic rings. The van der Waals surface area contributed by atoms with Crippen molar-refractivity contribution < 1.29 is 14.3 Å². The zero-order chi connectivity index (χ0) is 18.0. The van der Waals surface area contributed by atoms with Crippen molar-refractivity contribution >= 4 is 46.3 Å². The van der Waals surface area contributed by atoms with Crippen molar-refractivity contribution in [3.05, 3.63) is 55.0 Å². The average Bonchev–Trinajstić information content (AvgIpc) is 3.25. The summed E-state index contributed by atoms with van der Waals surface area (Å²) in [6.45, 7) is 2.28. The van der Waals surface area contributed by atoms with Gasteiger partial charge in [0.1, 0.15) is 0 Å². The maximum Gasteiger partial charge on any atom is 0.338 e. The van der Waals surface area contributed by atoms with Crippen LogP contribution < -0.4 is 5.32 Å². The number of methoxy groups -OCH3 is 1. The van der Waals surface area contributed by atoms with E-state index in [1.165, 1.54) is 23.3 Å². The Morgan fingerprint density at radius 1 is 1.40 bits per heavy atom. The second kappa shape index (κ2) is 7.59. The molecule has 0 fully saturated rings. The Morgan fingerprint density at radius 3 is 2.80 bits per heavy atom. The number of hydrogen-bond acceptors (Lipinski definition) is 5. The molecule has 8 heteroatoms. The summed E-state index contributed by atoms with van der Waals surface area (Å²) in [6, 6.07) is 6.81. The first kappa shape index (κ1) is 18.0. The zero-order valence-electron chi connectivity index (χ0n) is 13.7. The fraction of sp³-hybridized carbons (Fsp3) is 0.294. The molecule has 3 heterocycles. The highest BCUT2D eigenvalue weighted by atomic mass is 35.5. The molecule has 0 bridgehead atoms. The summed E-state index contributed by atoms with van der Waals surface area (Å²) in [4.78, 5) is 28.6. The Kier molecular flexibility index (Phi) is 5.46. The molecule has 0 unspecified atom stereocenters. The third kappa shape index (κ3) is 3.73. The van der Waals surface area contributed by atoms with Gasteiger partial charge in [0, 0.05) is 22.0 Å². The lowest BCUT2D eigenvalue weighted by atomic mass is 10.0. The Hall–Kier alpha value is -1.83. The van der Waals surface area contributed by atoms with Crippen molar-refractivity contribution in [3.63, 3.8) is 0 Å². The number of carbonyl (C=O) groups excluding carboxylic acids is 2. The number of nitrogens with one attached hydrogen (secondary N) is 1. The van der Waals surface area contributed by atoms with Crippen LogP contribution in [-0.4, -0.2) is 30.6 Å². The number of halogens is 1. The number of amides is 2. The van der Waals surface area contributed by atoms with Crippen LogP contribution >= 0.6 is 34.3 Å². The summed E-state index contributed by atoms with van der Waals surface area (Å²) >= 11 is 8.99. The number of esters is 1. The summed E-state index contributed by atoms with van der Waals surface area (Å²) in [5.41, 5.74) is 1.05. The molecule has 0 aliphatic carbocycles. The number of thiophene rings is 2. The van der Waals surface area contributed by atoms with Gasteiger partial charge >= 0.3 is 12.0 Å². The highest BCUT2D eigenvalue weighted by Crippen LogP contribution is 2.36. The summed E-state index contributed by atoms with van der Waals surface area (Å²) in [5.74, 6) is -0.451. The SMILES string of the molecule is COC(=O)C1=C(C)N(CCc2cccs2)C(=O)N[C@H]1c1ccc(Cl)s1. The van der Waals surface area contributed by atoms with Gasteiger partial charge < -0.3 is 10.1 Å². The summed E-state index contributed by atoms with van der Waals surface area (Å²) in [7, 11) is 1.34. The van der Waals surface area contributed by atoms with Crippen LogP contribution in [0.1, 0.15) is 22.7 Å². The normalized spacial score (nSPS) is 17.6. The van der Waals surface area contributed by atoms with E-state index in [0.29, 0.717) is 22.2 Å². The number of ether oxygens (including phenoxy) is 1. The van der Waals surface area contributed by atoms with Crippen LogP contribution in [0.2, 0.25) is 4.34 Å². The van der Waals surface area contributed by atoms with Gasteiger partial charge in [0.2, 0.25) is 0 Å². The molecule has 0 spiro atoms. The molecule has 1 atom stereocenters. The van der Waals surface area contributed by atoms with Gasteiger partial charge in [-0.1, -0.05) is 17.7 Å². The van der Waals surface area contributed by atoms with Crippen LogP contribution in [0, 0.1) is 0 Å². The second-order valence-electron chi connectivity index (χ2n) is 5.50. The van der Waals surface area contributed by atoms with E-state index in [9.17, 15) is 9.59 Å². The number of allylic oxidation sites excluding steroid dienone is 1. The van der Waals surface area contributed by atoms with Gasteiger partial charge in [0.25, 0.3) is 0 Å². The topological polar surface area (TPSA) is 58.6 Å². The van der Waals surface area contributed by atoms with Gasteiger partial charge in [0.15, 0.2) is 0 Å². The van der Waals surface area contributed by atoms with Gasteiger partial charge in [-0.15, -0.1) is 22.7 Å². The molecule has 3 rings (SSSR count). The molecule has 1 aliphatic heterocycles. The predicted octanol–water partition coefficient (Wildman–Crippen LogP) is 4.22. The van der Waals surface area contributed by atoms with Crippen molar-refractivity contribution in [3.8, 4) is 0 Å². The van der Waals surface area contributed by atoms with E-state index in [2.05, 4.69) is 5.32 Å². The maximum absolute atomic E-state index is 12.6. The van der Waals surface area contributed by atoms with Crippen LogP contribution in [0.15, 0.2) is 40.9 Å². The van der Waals surface area contributed by atoms with Crippen LogP contribution in [0.25, 0.3) is 0 Å². The van der Waals surface area contributed by atoms with E-state index in [-0.39, 0.29) is 6.03 Å². The summed E-state index contributed by atoms with van der Waals surface area (Å²) in [6.07, 6.45) is 0.729. The smallest absolute Gasteiger partial charge is 0.338 e. The van der Waals surface area contributed by atoms with Crippen LogP contribution in [0.3, 0.4) is 0 Å². The summed E-state index contributed by atoms with van der Waals surface area (Å²) in [5, 5.41) is 4.91. The minimum atomic E-state index is -0.546. The number of urea groups is 1. The third-order valence-electron chi connectivity index (χ3n) is 4.04. The highest BCUT2D eigenvalue weighted by molar-refractivity contribution is 7.16. The maximum atomic E-state index is 12.6. The van der Waals surface area contributed by atoms with E-state index in [4.69, 9.17) is 16.3 Å². The number of carbonyl (C=O) groups is 2. The lowest BCUT2D eigenvalue weighted by molar-refractivity contribution is -0.136. The first-order chi connectivity index (χ1) is 12.0. The lowest BCUT2D eigenvalue weighted by Crippen LogP contribution is -2.48. The van der Waals surface area contributed by atoms with E-state index >= 15 is 0 Å².